The number of hydrogen-bond acceptors (Lipinski definition) is 11. The number of benzene rings is 1. The number of nitrogens with one attached hydrogen (secondary N) is 3. The Morgan fingerprint density at radius 2 is 1.11 bits per heavy atom. The van der Waals surface area contributed by atoms with Gasteiger partial charge in [-0.05, 0) is 24.8 Å². The van der Waals surface area contributed by atoms with Gasteiger partial charge in [0.05, 0.1) is 38.8 Å². The summed E-state index contributed by atoms with van der Waals surface area (Å²) in [6, 6.07) is 8.37. The van der Waals surface area contributed by atoms with E-state index in [1.54, 1.807) is 4.90 Å². The fraction of sp³-hybridized carbons (Fsp3) is 0.552. The Hall–Kier alpha value is -4.65. The van der Waals surface area contributed by atoms with E-state index in [0.29, 0.717) is 25.7 Å². The number of nitrogens with zero attached hydrogens (tertiary/aromatic N) is 3. The number of carboxylic acid groups (broad SMARTS) is 4. The Morgan fingerprint density at radius 3 is 1.60 bits per heavy atom. The average Bonchev–Trinajstić information content (AvgIpc) is 2.98. The SMILES string of the molecule is NC(Cc1ccccc1)C(=O)NNC(=O)CCCCCNC(=O)CN(CCN(CC(=O)O)CC(=O)O)CCN(CC(=O)O)CC(=O)O. The van der Waals surface area contributed by atoms with Crippen molar-refractivity contribution in [3.63, 3.8) is 0 Å². The number of amides is 3. The first kappa shape index (κ1) is 40.4. The summed E-state index contributed by atoms with van der Waals surface area (Å²) < 4.78 is 0. The fourth-order valence-corrected chi connectivity index (χ4v) is 4.35. The summed E-state index contributed by atoms with van der Waals surface area (Å²) >= 11 is 0. The van der Waals surface area contributed by atoms with E-state index < -0.39 is 73.8 Å². The van der Waals surface area contributed by atoms with E-state index in [4.69, 9.17) is 26.2 Å². The van der Waals surface area contributed by atoms with Crippen molar-refractivity contribution in [2.24, 2.45) is 5.73 Å². The first-order valence-corrected chi connectivity index (χ1v) is 14.9. The van der Waals surface area contributed by atoms with Crippen LogP contribution in [0, 0.1) is 0 Å². The molecule has 0 aliphatic rings. The first-order valence-electron chi connectivity index (χ1n) is 14.9. The summed E-state index contributed by atoms with van der Waals surface area (Å²) in [7, 11) is 0. The molecule has 1 rings (SSSR count). The number of nitrogens with two attached hydrogens (primary N) is 1. The van der Waals surface area contributed by atoms with Crippen LogP contribution in [0.25, 0.3) is 0 Å². The van der Waals surface area contributed by atoms with Crippen molar-refractivity contribution in [1.29, 1.82) is 0 Å². The minimum absolute atomic E-state index is 0.0365. The van der Waals surface area contributed by atoms with Gasteiger partial charge in [-0.15, -0.1) is 0 Å². The number of carboxylic acids is 4. The van der Waals surface area contributed by atoms with Crippen molar-refractivity contribution in [3.8, 4) is 0 Å². The van der Waals surface area contributed by atoms with Gasteiger partial charge in [-0.1, -0.05) is 36.8 Å². The molecule has 0 saturated heterocycles. The van der Waals surface area contributed by atoms with E-state index >= 15 is 0 Å². The van der Waals surface area contributed by atoms with Gasteiger partial charge in [0.2, 0.25) is 11.8 Å². The molecule has 0 spiro atoms. The highest BCUT2D eigenvalue weighted by Crippen LogP contribution is 2.03. The van der Waals surface area contributed by atoms with Crippen molar-refractivity contribution in [2.75, 3.05) is 65.4 Å². The second kappa shape index (κ2) is 22.8. The zero-order valence-corrected chi connectivity index (χ0v) is 26.1. The van der Waals surface area contributed by atoms with E-state index in [1.807, 2.05) is 30.3 Å². The molecule has 18 heteroatoms. The molecule has 262 valence electrons. The maximum absolute atomic E-state index is 12.6. The monoisotopic (exact) mass is 667 g/mol. The van der Waals surface area contributed by atoms with Crippen molar-refractivity contribution in [3.05, 3.63) is 35.9 Å². The third-order valence-corrected chi connectivity index (χ3v) is 6.63. The second-order valence-corrected chi connectivity index (χ2v) is 10.8. The zero-order chi connectivity index (χ0) is 35.2. The second-order valence-electron chi connectivity index (χ2n) is 10.8. The highest BCUT2D eigenvalue weighted by molar-refractivity contribution is 5.85. The smallest absolute Gasteiger partial charge is 0.317 e. The Balaban J connectivity index is 2.50. The highest BCUT2D eigenvalue weighted by Gasteiger charge is 2.20. The van der Waals surface area contributed by atoms with Crippen LogP contribution in [0.5, 0.6) is 0 Å². The Kier molecular flexibility index (Phi) is 19.6. The van der Waals surface area contributed by atoms with Crippen LogP contribution in [0.1, 0.15) is 31.2 Å². The van der Waals surface area contributed by atoms with Gasteiger partial charge in [0, 0.05) is 39.1 Å². The summed E-state index contributed by atoms with van der Waals surface area (Å²) in [6.07, 6.45) is 2.03. The quantitative estimate of drug-likeness (QED) is 0.0400. The Labute approximate surface area is 271 Å². The number of aliphatic carboxylic acids is 4. The minimum Gasteiger partial charge on any atom is -0.480 e. The average molecular weight is 668 g/mol. The maximum Gasteiger partial charge on any atom is 0.317 e. The lowest BCUT2D eigenvalue weighted by Gasteiger charge is -2.28. The van der Waals surface area contributed by atoms with Gasteiger partial charge in [0.25, 0.3) is 5.91 Å². The van der Waals surface area contributed by atoms with E-state index in [9.17, 15) is 33.6 Å². The van der Waals surface area contributed by atoms with Gasteiger partial charge in [0.15, 0.2) is 0 Å². The lowest BCUT2D eigenvalue weighted by molar-refractivity contribution is -0.143. The normalized spacial score (nSPS) is 11.7. The third kappa shape index (κ3) is 20.9. The van der Waals surface area contributed by atoms with E-state index in [-0.39, 0.29) is 45.7 Å². The van der Waals surface area contributed by atoms with Crippen LogP contribution in [-0.2, 0) is 40.0 Å². The van der Waals surface area contributed by atoms with E-state index in [1.165, 1.54) is 0 Å². The molecule has 9 N–H and O–H groups in total. The Bertz CT molecular complexity index is 1110. The van der Waals surface area contributed by atoms with Crippen molar-refractivity contribution >= 4 is 41.6 Å². The van der Waals surface area contributed by atoms with Gasteiger partial charge < -0.3 is 31.5 Å². The molecule has 0 aliphatic heterocycles. The predicted molar refractivity (Wildman–Crippen MR) is 166 cm³/mol. The van der Waals surface area contributed by atoms with Crippen LogP contribution < -0.4 is 21.9 Å². The molecule has 0 bridgehead atoms. The number of carbonyl (C=O) groups is 7. The van der Waals surface area contributed by atoms with E-state index in [0.717, 1.165) is 15.4 Å². The lowest BCUT2D eigenvalue weighted by Crippen LogP contribution is -2.50. The summed E-state index contributed by atoms with van der Waals surface area (Å²) in [5, 5.41) is 39.0. The molecular weight excluding hydrogens is 622 g/mol. The van der Waals surface area contributed by atoms with Crippen LogP contribution in [0.3, 0.4) is 0 Å². The van der Waals surface area contributed by atoms with Crippen LogP contribution >= 0.6 is 0 Å². The third-order valence-electron chi connectivity index (χ3n) is 6.63. The summed E-state index contributed by atoms with van der Waals surface area (Å²) in [4.78, 5) is 85.2. The lowest BCUT2D eigenvalue weighted by atomic mass is 10.1. The molecule has 1 unspecified atom stereocenters. The molecule has 0 saturated carbocycles. The molecule has 0 aliphatic carbocycles. The fourth-order valence-electron chi connectivity index (χ4n) is 4.35. The summed E-state index contributed by atoms with van der Waals surface area (Å²) in [5.41, 5.74) is 11.4. The summed E-state index contributed by atoms with van der Waals surface area (Å²) in [5.74, 6) is -6.30. The number of hydrazine groups is 1. The van der Waals surface area contributed by atoms with Gasteiger partial charge >= 0.3 is 23.9 Å². The standard InChI is InChI=1S/C29H45N7O11/c30-22(15-21-7-3-1-4-8-21)29(47)33-32-23(37)9-5-2-6-10-31-24(38)16-34(11-13-35(17-25(39)40)18-26(41)42)12-14-36(19-27(43)44)20-28(45)46/h1,3-4,7-8,22H,2,5-6,9-20,30H2,(H,31,38)(H,32,37)(H,33,47)(H,39,40)(H,41,42)(H,43,44)(H,45,46). The number of carbonyl (C=O) groups excluding carboxylic acids is 3. The zero-order valence-electron chi connectivity index (χ0n) is 26.1. The van der Waals surface area contributed by atoms with Gasteiger partial charge in [-0.2, -0.15) is 0 Å². The molecule has 0 fully saturated rings. The van der Waals surface area contributed by atoms with Gasteiger partial charge in [-0.25, -0.2) is 0 Å². The molecule has 1 aromatic rings. The molecule has 18 nitrogen and oxygen atoms in total. The molecular formula is C29H45N7O11. The topological polar surface area (TPSA) is 272 Å². The van der Waals surface area contributed by atoms with Crippen molar-refractivity contribution in [1.82, 2.24) is 30.9 Å². The van der Waals surface area contributed by atoms with Crippen LogP contribution in [0.4, 0.5) is 0 Å². The number of rotatable bonds is 25. The summed E-state index contributed by atoms with van der Waals surface area (Å²) in [6.45, 7) is -2.12. The Morgan fingerprint density at radius 1 is 0.617 bits per heavy atom. The van der Waals surface area contributed by atoms with Crippen molar-refractivity contribution < 1.29 is 54.0 Å². The molecule has 3 amide bonds. The highest BCUT2D eigenvalue weighted by atomic mass is 16.4. The van der Waals surface area contributed by atoms with Crippen LogP contribution in [-0.4, -0.2) is 148 Å². The largest absolute Gasteiger partial charge is 0.480 e. The maximum atomic E-state index is 12.6. The number of unbranched alkanes of at least 4 members (excludes halogenated alkanes) is 2. The molecule has 0 heterocycles. The van der Waals surface area contributed by atoms with E-state index in [2.05, 4.69) is 16.2 Å². The van der Waals surface area contributed by atoms with Crippen molar-refractivity contribution in [2.45, 2.75) is 38.1 Å². The van der Waals surface area contributed by atoms with Crippen LogP contribution in [0.2, 0.25) is 0 Å². The molecule has 0 radical (unpaired) electrons. The van der Waals surface area contributed by atoms with Crippen LogP contribution in [0.15, 0.2) is 30.3 Å². The number of hydrogen-bond donors (Lipinski definition) is 8. The van der Waals surface area contributed by atoms with Gasteiger partial charge in [-0.3, -0.25) is 59.1 Å². The van der Waals surface area contributed by atoms with Gasteiger partial charge in [0.1, 0.15) is 0 Å². The molecule has 0 aromatic heterocycles. The minimum atomic E-state index is -1.24. The first-order chi connectivity index (χ1) is 22.2. The molecule has 1 aromatic carbocycles. The molecule has 1 atom stereocenters. The molecule has 47 heavy (non-hydrogen) atoms. The predicted octanol–water partition coefficient (Wildman–Crippen LogP) is -2.38.